The summed E-state index contributed by atoms with van der Waals surface area (Å²) in [7, 11) is -2.59. The van der Waals surface area contributed by atoms with Gasteiger partial charge in [0, 0.05) is 44.0 Å². The summed E-state index contributed by atoms with van der Waals surface area (Å²) in [5.41, 5.74) is -1.09. The van der Waals surface area contributed by atoms with Crippen LogP contribution in [0.25, 0.3) is 0 Å². The lowest BCUT2D eigenvalue weighted by Gasteiger charge is -2.44. The van der Waals surface area contributed by atoms with Gasteiger partial charge in [0.25, 0.3) is 5.91 Å². The van der Waals surface area contributed by atoms with Crippen molar-refractivity contribution in [2.24, 2.45) is 12.5 Å². The minimum absolute atomic E-state index is 0.114. The zero-order chi connectivity index (χ0) is 20.9. The van der Waals surface area contributed by atoms with Crippen molar-refractivity contribution in [3.8, 4) is 0 Å². The maximum atomic E-state index is 13.2. The minimum atomic E-state index is -4.01. The van der Waals surface area contributed by atoms with Gasteiger partial charge in [-0.1, -0.05) is 18.5 Å². The molecule has 2 aromatic rings. The van der Waals surface area contributed by atoms with Crippen molar-refractivity contribution in [2.75, 3.05) is 11.1 Å². The normalized spacial score (nSPS) is 17.8. The summed E-state index contributed by atoms with van der Waals surface area (Å²) in [4.78, 5) is 15.6. The van der Waals surface area contributed by atoms with E-state index in [-0.39, 0.29) is 21.3 Å². The van der Waals surface area contributed by atoms with Crippen LogP contribution >= 0.6 is 11.6 Å². The lowest BCUT2D eigenvalue weighted by molar-refractivity contribution is -0.144. The molecule has 0 atom stereocenters. The Balaban J connectivity index is 1.86. The van der Waals surface area contributed by atoms with E-state index in [0.29, 0.717) is 0 Å². The number of carbonyl (C=O) groups excluding carboxylic acids is 1. The van der Waals surface area contributed by atoms with Crippen LogP contribution in [0.5, 0.6) is 0 Å². The first-order valence-electron chi connectivity index (χ1n) is 8.20. The first kappa shape index (κ1) is 20.7. The molecule has 28 heavy (non-hydrogen) atoms. The highest BCUT2D eigenvalue weighted by molar-refractivity contribution is 7.91. The van der Waals surface area contributed by atoms with E-state index in [4.69, 9.17) is 11.6 Å². The van der Waals surface area contributed by atoms with Crippen molar-refractivity contribution in [2.45, 2.75) is 30.6 Å². The predicted octanol–water partition coefficient (Wildman–Crippen LogP) is 3.67. The Morgan fingerprint density at radius 2 is 2.04 bits per heavy atom. The average Bonchev–Trinajstić information content (AvgIpc) is 2.80. The smallest absolute Gasteiger partial charge is 0.273 e. The summed E-state index contributed by atoms with van der Waals surface area (Å²) in [6, 6.07) is 2.34. The molecule has 152 valence electrons. The van der Waals surface area contributed by atoms with Crippen LogP contribution in [0.15, 0.2) is 29.4 Å². The molecule has 1 aliphatic carbocycles. The number of aromatic nitrogens is 2. The predicted molar refractivity (Wildman–Crippen MR) is 96.9 cm³/mol. The van der Waals surface area contributed by atoms with Crippen LogP contribution in [0.1, 0.15) is 30.3 Å². The molecular weight excluding hydrogens is 419 g/mol. The molecule has 1 amide bonds. The van der Waals surface area contributed by atoms with E-state index < -0.39 is 51.6 Å². The zero-order valence-corrected chi connectivity index (χ0v) is 16.5. The molecule has 1 saturated carbocycles. The summed E-state index contributed by atoms with van der Waals surface area (Å²) in [6.07, 6.45) is 1.28. The third-order valence-corrected chi connectivity index (χ3v) is 7.08. The third kappa shape index (κ3) is 4.02. The second-order valence-electron chi connectivity index (χ2n) is 7.37. The zero-order valence-electron chi connectivity index (χ0n) is 15.0. The average molecular weight is 436 g/mol. The fraction of sp³-hybridized carbons (Fsp3) is 0.412. The van der Waals surface area contributed by atoms with E-state index in [0.717, 1.165) is 12.3 Å². The first-order valence-corrected chi connectivity index (χ1v) is 10.2. The number of aryl methyl sites for hydroxylation is 1. The highest BCUT2D eigenvalue weighted by atomic mass is 35.5. The Kier molecular flexibility index (Phi) is 4.99. The Morgan fingerprint density at radius 3 is 2.61 bits per heavy atom. The van der Waals surface area contributed by atoms with Crippen LogP contribution in [-0.2, 0) is 16.9 Å². The van der Waals surface area contributed by atoms with Gasteiger partial charge in [-0.15, -0.1) is 0 Å². The van der Waals surface area contributed by atoms with E-state index >= 15 is 0 Å². The minimum Gasteiger partial charge on any atom is -0.344 e. The van der Waals surface area contributed by atoms with Gasteiger partial charge in [-0.2, -0.15) is 4.39 Å². The van der Waals surface area contributed by atoms with Gasteiger partial charge < -0.3 is 9.88 Å². The fourth-order valence-electron chi connectivity index (χ4n) is 3.55. The lowest BCUT2D eigenvalue weighted by Crippen LogP contribution is -2.47. The number of halogens is 4. The summed E-state index contributed by atoms with van der Waals surface area (Å²) in [6.45, 7) is 1.48. The number of sulfone groups is 1. The van der Waals surface area contributed by atoms with Gasteiger partial charge in [0.15, 0.2) is 9.84 Å². The number of nitrogens with zero attached hydrogens (tertiary/aromatic N) is 2. The van der Waals surface area contributed by atoms with Crippen LogP contribution in [0.3, 0.4) is 0 Å². The molecule has 2 heterocycles. The van der Waals surface area contributed by atoms with Gasteiger partial charge in [-0.05, 0) is 11.5 Å². The quantitative estimate of drug-likeness (QED) is 0.726. The van der Waals surface area contributed by atoms with Gasteiger partial charge in [-0.3, -0.25) is 4.79 Å². The topological polar surface area (TPSA) is 81.1 Å². The van der Waals surface area contributed by atoms with Gasteiger partial charge >= 0.3 is 0 Å². The Bertz CT molecular complexity index is 1050. The largest absolute Gasteiger partial charge is 0.344 e. The van der Waals surface area contributed by atoms with Crippen molar-refractivity contribution < 1.29 is 26.4 Å². The molecule has 1 N–H and O–H groups in total. The molecule has 3 rings (SSSR count). The van der Waals surface area contributed by atoms with Crippen molar-refractivity contribution in [1.82, 2.24) is 9.55 Å². The summed E-state index contributed by atoms with van der Waals surface area (Å²) >= 11 is 6.16. The fourth-order valence-corrected chi connectivity index (χ4v) is 6.14. The number of amides is 1. The molecule has 0 aliphatic heterocycles. The van der Waals surface area contributed by atoms with Crippen molar-refractivity contribution in [1.29, 1.82) is 0 Å². The number of hydrogen-bond acceptors (Lipinski definition) is 4. The molecule has 0 aromatic carbocycles. The van der Waals surface area contributed by atoms with E-state index in [1.807, 2.05) is 0 Å². The summed E-state index contributed by atoms with van der Waals surface area (Å²) < 4.78 is 66.2. The second kappa shape index (κ2) is 6.77. The number of pyridine rings is 1. The standard InChI is InChI=1S/C17H17ClF3N3O3S/c1-16(7-17(20,21)8-16)9-28(26,27)11-6-24(2)14(13(11)18)15(25)23-10-3-4-22-12(19)5-10/h3-6H,7-9H2,1-2H3,(H,22,23,25). The SMILES string of the molecule is Cn1cc(S(=O)(=O)CC2(C)CC(F)(F)C2)c(Cl)c1C(=O)Nc1ccnc(F)c1. The molecule has 11 heteroatoms. The van der Waals surface area contributed by atoms with Crippen molar-refractivity contribution in [3.63, 3.8) is 0 Å². The first-order chi connectivity index (χ1) is 12.8. The van der Waals surface area contributed by atoms with Crippen LogP contribution in [-0.4, -0.2) is 35.6 Å². The van der Waals surface area contributed by atoms with E-state index in [1.54, 1.807) is 0 Å². The molecule has 0 spiro atoms. The maximum Gasteiger partial charge on any atom is 0.273 e. The van der Waals surface area contributed by atoms with E-state index in [1.165, 1.54) is 30.8 Å². The van der Waals surface area contributed by atoms with Crippen LogP contribution < -0.4 is 5.32 Å². The number of hydrogen-bond donors (Lipinski definition) is 1. The monoisotopic (exact) mass is 435 g/mol. The van der Waals surface area contributed by atoms with Gasteiger partial charge in [-0.25, -0.2) is 22.2 Å². The Morgan fingerprint density at radius 1 is 1.39 bits per heavy atom. The van der Waals surface area contributed by atoms with Crippen LogP contribution in [0.2, 0.25) is 5.02 Å². The van der Waals surface area contributed by atoms with E-state index in [9.17, 15) is 26.4 Å². The number of alkyl halides is 2. The van der Waals surface area contributed by atoms with Crippen LogP contribution in [0.4, 0.5) is 18.9 Å². The molecule has 0 saturated heterocycles. The molecule has 0 radical (unpaired) electrons. The molecular formula is C17H17ClF3N3O3S. The third-order valence-electron chi connectivity index (χ3n) is 4.53. The maximum absolute atomic E-state index is 13.2. The molecule has 1 fully saturated rings. The second-order valence-corrected chi connectivity index (χ2v) is 9.70. The number of rotatable bonds is 5. The highest BCUT2D eigenvalue weighted by Crippen LogP contribution is 2.53. The molecule has 0 unspecified atom stereocenters. The molecule has 2 aromatic heterocycles. The number of carbonyl (C=O) groups is 1. The molecule has 0 bridgehead atoms. The van der Waals surface area contributed by atoms with E-state index in [2.05, 4.69) is 10.3 Å². The lowest BCUT2D eigenvalue weighted by atomic mass is 9.69. The van der Waals surface area contributed by atoms with Crippen molar-refractivity contribution >= 4 is 33.0 Å². The summed E-state index contributed by atoms with van der Waals surface area (Å²) in [5.74, 6) is -4.92. The molecule has 6 nitrogen and oxygen atoms in total. The Labute approximate surface area is 164 Å². The summed E-state index contributed by atoms with van der Waals surface area (Å²) in [5, 5.41) is 2.09. The van der Waals surface area contributed by atoms with Crippen molar-refractivity contribution in [3.05, 3.63) is 41.2 Å². The van der Waals surface area contributed by atoms with Gasteiger partial charge in [0.05, 0.1) is 10.8 Å². The number of anilines is 1. The number of nitrogens with one attached hydrogen (secondary N) is 1. The van der Waals surface area contributed by atoms with Gasteiger partial charge in [0.2, 0.25) is 11.9 Å². The highest BCUT2D eigenvalue weighted by Gasteiger charge is 2.55. The molecule has 1 aliphatic rings. The van der Waals surface area contributed by atoms with Gasteiger partial charge in [0.1, 0.15) is 10.6 Å². The Hall–Kier alpha value is -2.07. The van der Waals surface area contributed by atoms with Crippen LogP contribution in [0, 0.1) is 11.4 Å².